The van der Waals surface area contributed by atoms with E-state index in [1.807, 2.05) is 6.07 Å². The summed E-state index contributed by atoms with van der Waals surface area (Å²) in [7, 11) is 0. The van der Waals surface area contributed by atoms with Crippen molar-refractivity contribution in [3.63, 3.8) is 0 Å². The van der Waals surface area contributed by atoms with Crippen LogP contribution in [0.1, 0.15) is 17.3 Å². The van der Waals surface area contributed by atoms with Crippen molar-refractivity contribution in [3.8, 4) is 6.07 Å². The van der Waals surface area contributed by atoms with Crippen LogP contribution < -0.4 is 5.32 Å². The number of carbonyl (C=O) groups excluding carboxylic acids is 1. The van der Waals surface area contributed by atoms with E-state index in [1.54, 1.807) is 13.0 Å². The number of rotatable bonds is 4. The molecule has 1 amide bonds. The third-order valence-electron chi connectivity index (χ3n) is 2.13. The first-order chi connectivity index (χ1) is 8.06. The Hall–Kier alpha value is -2.42. The van der Waals surface area contributed by atoms with Crippen molar-refractivity contribution in [1.82, 2.24) is 5.32 Å². The van der Waals surface area contributed by atoms with Gasteiger partial charge >= 0.3 is 0 Å². The molecule has 0 aliphatic carbocycles. The number of nitrogens with zero attached hydrogens (tertiary/aromatic N) is 2. The number of amides is 1. The van der Waals surface area contributed by atoms with Gasteiger partial charge in [-0.3, -0.25) is 14.9 Å². The molecule has 1 N–H and O–H groups in total. The van der Waals surface area contributed by atoms with E-state index in [2.05, 4.69) is 5.32 Å². The predicted octanol–water partition coefficient (Wildman–Crippen LogP) is 1.48. The quantitative estimate of drug-likeness (QED) is 0.629. The lowest BCUT2D eigenvalue weighted by molar-refractivity contribution is -0.385. The molecule has 0 heterocycles. The van der Waals surface area contributed by atoms with Gasteiger partial charge in [0, 0.05) is 12.6 Å². The predicted molar refractivity (Wildman–Crippen MR) is 60.2 cm³/mol. The van der Waals surface area contributed by atoms with E-state index in [1.165, 1.54) is 18.2 Å². The highest BCUT2D eigenvalue weighted by atomic mass is 16.6. The van der Waals surface area contributed by atoms with Crippen molar-refractivity contribution in [2.45, 2.75) is 6.92 Å². The van der Waals surface area contributed by atoms with Gasteiger partial charge in [0.05, 0.1) is 16.9 Å². The second kappa shape index (κ2) is 5.61. The first kappa shape index (κ1) is 12.6. The molecule has 0 saturated carbocycles. The topological polar surface area (TPSA) is 96.0 Å². The molecule has 0 saturated heterocycles. The summed E-state index contributed by atoms with van der Waals surface area (Å²) >= 11 is 0. The normalized spacial score (nSPS) is 11.3. The number of benzene rings is 1. The van der Waals surface area contributed by atoms with Gasteiger partial charge in [0.25, 0.3) is 11.6 Å². The van der Waals surface area contributed by atoms with E-state index in [0.29, 0.717) is 0 Å². The number of hydrogen-bond donors (Lipinski definition) is 1. The fourth-order valence-corrected chi connectivity index (χ4v) is 1.21. The van der Waals surface area contributed by atoms with Gasteiger partial charge in [-0.25, -0.2) is 0 Å². The molecular weight excluding hydrogens is 222 g/mol. The first-order valence-corrected chi connectivity index (χ1v) is 4.97. The van der Waals surface area contributed by atoms with Crippen molar-refractivity contribution in [3.05, 3.63) is 39.9 Å². The molecule has 88 valence electrons. The number of nitro benzene ring substituents is 1. The SMILES string of the molecule is CC(C#N)CNC(=O)c1ccccc1[N+](=O)[O-]. The maximum Gasteiger partial charge on any atom is 0.282 e. The highest BCUT2D eigenvalue weighted by molar-refractivity contribution is 5.98. The molecule has 0 aromatic heterocycles. The summed E-state index contributed by atoms with van der Waals surface area (Å²) in [5, 5.41) is 21.7. The van der Waals surface area contributed by atoms with Gasteiger partial charge in [0.1, 0.15) is 5.56 Å². The summed E-state index contributed by atoms with van der Waals surface area (Å²) in [5.41, 5.74) is -0.239. The van der Waals surface area contributed by atoms with Crippen LogP contribution in [0.4, 0.5) is 5.69 Å². The molecule has 1 unspecified atom stereocenters. The molecule has 1 aromatic rings. The third-order valence-corrected chi connectivity index (χ3v) is 2.13. The van der Waals surface area contributed by atoms with Crippen LogP contribution in [0, 0.1) is 27.4 Å². The zero-order valence-corrected chi connectivity index (χ0v) is 9.21. The van der Waals surface area contributed by atoms with Crippen molar-refractivity contribution in [2.24, 2.45) is 5.92 Å². The minimum Gasteiger partial charge on any atom is -0.351 e. The fraction of sp³-hybridized carbons (Fsp3) is 0.273. The number of nitrogens with one attached hydrogen (secondary N) is 1. The molecule has 6 nitrogen and oxygen atoms in total. The Kier molecular flexibility index (Phi) is 4.17. The van der Waals surface area contributed by atoms with Gasteiger partial charge in [-0.2, -0.15) is 5.26 Å². The molecule has 0 bridgehead atoms. The Morgan fingerprint density at radius 3 is 2.82 bits per heavy atom. The molecule has 1 aromatic carbocycles. The first-order valence-electron chi connectivity index (χ1n) is 4.97. The average Bonchev–Trinajstić information content (AvgIpc) is 2.35. The summed E-state index contributed by atoms with van der Waals surface area (Å²) in [5.74, 6) is -0.874. The van der Waals surface area contributed by atoms with Crippen LogP contribution in [-0.4, -0.2) is 17.4 Å². The molecule has 0 aliphatic heterocycles. The Bertz CT molecular complexity index is 479. The molecule has 0 fully saturated rings. The Morgan fingerprint density at radius 2 is 2.24 bits per heavy atom. The zero-order valence-electron chi connectivity index (χ0n) is 9.21. The van der Waals surface area contributed by atoms with Gasteiger partial charge in [0.15, 0.2) is 0 Å². The van der Waals surface area contributed by atoms with E-state index >= 15 is 0 Å². The van der Waals surface area contributed by atoms with Gasteiger partial charge in [0.2, 0.25) is 0 Å². The van der Waals surface area contributed by atoms with Gasteiger partial charge < -0.3 is 5.32 Å². The van der Waals surface area contributed by atoms with Crippen LogP contribution in [0.15, 0.2) is 24.3 Å². The molecule has 0 aliphatic rings. The summed E-state index contributed by atoms with van der Waals surface area (Å²) in [6.45, 7) is 1.82. The number of nitro groups is 1. The molecule has 0 radical (unpaired) electrons. The van der Waals surface area contributed by atoms with Gasteiger partial charge in [-0.05, 0) is 13.0 Å². The van der Waals surface area contributed by atoms with E-state index in [9.17, 15) is 14.9 Å². The van der Waals surface area contributed by atoms with Gasteiger partial charge in [-0.1, -0.05) is 12.1 Å². The lowest BCUT2D eigenvalue weighted by Gasteiger charge is -2.06. The van der Waals surface area contributed by atoms with Crippen LogP contribution in [0.5, 0.6) is 0 Å². The highest BCUT2D eigenvalue weighted by Gasteiger charge is 2.18. The van der Waals surface area contributed by atoms with Crippen LogP contribution in [-0.2, 0) is 0 Å². The minimum atomic E-state index is -0.608. The highest BCUT2D eigenvalue weighted by Crippen LogP contribution is 2.17. The maximum atomic E-state index is 11.7. The molecule has 17 heavy (non-hydrogen) atoms. The molecule has 6 heteroatoms. The molecule has 0 spiro atoms. The smallest absolute Gasteiger partial charge is 0.282 e. The summed E-state index contributed by atoms with van der Waals surface area (Å²) in [6, 6.07) is 7.65. The molecule has 1 rings (SSSR count). The third kappa shape index (κ3) is 3.28. The lowest BCUT2D eigenvalue weighted by Crippen LogP contribution is -2.28. The Morgan fingerprint density at radius 1 is 1.59 bits per heavy atom. The summed E-state index contributed by atoms with van der Waals surface area (Å²) < 4.78 is 0. The van der Waals surface area contributed by atoms with E-state index in [4.69, 9.17) is 5.26 Å². The lowest BCUT2D eigenvalue weighted by atomic mass is 10.1. The Balaban J connectivity index is 2.83. The van der Waals surface area contributed by atoms with Crippen molar-refractivity contribution < 1.29 is 9.72 Å². The van der Waals surface area contributed by atoms with Crippen LogP contribution in [0.2, 0.25) is 0 Å². The molecular formula is C11H11N3O3. The standard InChI is InChI=1S/C11H11N3O3/c1-8(6-12)7-13-11(15)9-4-2-3-5-10(9)14(16)17/h2-5,8H,7H2,1H3,(H,13,15). The summed E-state index contributed by atoms with van der Waals surface area (Å²) in [6.07, 6.45) is 0. The minimum absolute atomic E-state index is 0.00244. The van der Waals surface area contributed by atoms with Gasteiger partial charge in [-0.15, -0.1) is 0 Å². The van der Waals surface area contributed by atoms with E-state index in [0.717, 1.165) is 0 Å². The largest absolute Gasteiger partial charge is 0.351 e. The number of para-hydroxylation sites is 1. The average molecular weight is 233 g/mol. The van der Waals surface area contributed by atoms with Crippen LogP contribution in [0.25, 0.3) is 0 Å². The number of hydrogen-bond acceptors (Lipinski definition) is 4. The van der Waals surface area contributed by atoms with Crippen molar-refractivity contribution >= 4 is 11.6 Å². The number of nitriles is 1. The van der Waals surface area contributed by atoms with Crippen LogP contribution >= 0.6 is 0 Å². The number of carbonyl (C=O) groups is 1. The van der Waals surface area contributed by atoms with E-state index in [-0.39, 0.29) is 23.7 Å². The maximum absolute atomic E-state index is 11.7. The van der Waals surface area contributed by atoms with Crippen LogP contribution in [0.3, 0.4) is 0 Å². The van der Waals surface area contributed by atoms with Crippen molar-refractivity contribution in [1.29, 1.82) is 5.26 Å². The second-order valence-corrected chi connectivity index (χ2v) is 3.51. The monoisotopic (exact) mass is 233 g/mol. The molecule has 1 atom stereocenters. The zero-order chi connectivity index (χ0) is 12.8. The second-order valence-electron chi connectivity index (χ2n) is 3.51. The fourth-order valence-electron chi connectivity index (χ4n) is 1.21. The summed E-state index contributed by atoms with van der Waals surface area (Å²) in [4.78, 5) is 21.8. The Labute approximate surface area is 98.0 Å². The van der Waals surface area contributed by atoms with Crippen molar-refractivity contribution in [2.75, 3.05) is 6.54 Å². The van der Waals surface area contributed by atoms with E-state index < -0.39 is 10.8 Å².